The molecule has 0 aliphatic carbocycles. The molecule has 0 aliphatic heterocycles. The zero-order valence-electron chi connectivity index (χ0n) is 2.88. The van der Waals surface area contributed by atoms with Gasteiger partial charge in [0.1, 0.15) is 0 Å². The zero-order valence-corrected chi connectivity index (χ0v) is 7.66. The van der Waals surface area contributed by atoms with E-state index >= 15 is 0 Å². The van der Waals surface area contributed by atoms with Crippen LogP contribution in [0.2, 0.25) is 0 Å². The Labute approximate surface area is 74.3 Å². The summed E-state index contributed by atoms with van der Waals surface area (Å²) in [5.74, 6) is 0. The molecule has 0 rings (SSSR count). The molecule has 0 unspecified atom stereocenters. The summed E-state index contributed by atoms with van der Waals surface area (Å²) in [6.07, 6.45) is 0. The molecule has 0 saturated heterocycles. The molecule has 0 radical (unpaired) electrons. The van der Waals surface area contributed by atoms with Crippen LogP contribution in [-0.4, -0.2) is 22.8 Å². The fourth-order valence-corrected chi connectivity index (χ4v) is 0. The van der Waals surface area contributed by atoms with Crippen LogP contribution in [0, 0.1) is 35.6 Å². The number of hydrogen-bond donors (Lipinski definition) is 0. The molecule has 4 nitrogen and oxygen atoms in total. The molecule has 0 aromatic heterocycles. The Morgan fingerprint density at radius 3 is 0.667 bits per heavy atom. The van der Waals surface area contributed by atoms with E-state index in [1.54, 1.807) is 0 Å². The second-order valence-corrected chi connectivity index (χ2v) is 0. The van der Waals surface area contributed by atoms with Crippen LogP contribution >= 0.6 is 0 Å². The first-order valence-corrected chi connectivity index (χ1v) is 0. The molecule has 0 fully saturated rings. The van der Waals surface area contributed by atoms with Crippen LogP contribution in [-0.2, 0) is 16.4 Å². The van der Waals surface area contributed by atoms with Crippen LogP contribution in [0.3, 0.4) is 0 Å². The topological polar surface area (TPSA) is 117 Å². The van der Waals surface area contributed by atoms with E-state index in [0.29, 0.717) is 0 Å². The maximum Gasteiger partial charge on any atom is 3.00 e. The molecule has 2 N–H and O–H groups in total. The van der Waals surface area contributed by atoms with Crippen LogP contribution in [0.1, 0.15) is 0 Å². The summed E-state index contributed by atoms with van der Waals surface area (Å²) in [6.45, 7) is 0. The normalized spacial score (nSPS) is 0. The van der Waals surface area contributed by atoms with Crippen molar-refractivity contribution in [3.8, 4) is 0 Å². The van der Waals surface area contributed by atoms with Gasteiger partial charge in [0, 0.05) is 0 Å². The van der Waals surface area contributed by atoms with Crippen LogP contribution in [0.5, 0.6) is 0 Å². The molecule has 0 aromatic carbocycles. The molecule has 0 bridgehead atoms. The van der Waals surface area contributed by atoms with E-state index in [0.717, 1.165) is 0 Å². The minimum atomic E-state index is 0. The van der Waals surface area contributed by atoms with Gasteiger partial charge in [-0.2, -0.15) is 0 Å². The maximum absolute atomic E-state index is 0. The van der Waals surface area contributed by atoms with Gasteiger partial charge in [-0.15, -0.1) is 0 Å². The van der Waals surface area contributed by atoms with E-state index in [9.17, 15) is 0 Å². The Bertz CT molecular complexity index is 7.51. The van der Waals surface area contributed by atoms with Gasteiger partial charge in [-0.05, 0) is 0 Å². The summed E-state index contributed by atoms with van der Waals surface area (Å²) in [4.78, 5) is 0. The average molecular weight is 232 g/mol. The summed E-state index contributed by atoms with van der Waals surface area (Å²) in [6, 6.07) is 0. The standard InChI is InChI=1S/Al.La.H2O.3O/h;;1H2;;;/q2*+3;;3*-2. The molecule has 0 saturated carbocycles. The fourth-order valence-electron chi connectivity index (χ4n) is 0. The molecular weight excluding hydrogens is 230 g/mol. The van der Waals surface area contributed by atoms with E-state index in [-0.39, 0.29) is 74.9 Å². The predicted octanol–water partition coefficient (Wildman–Crippen LogP) is -1.56. The second-order valence-electron chi connectivity index (χ2n) is 0. The number of rotatable bonds is 0. The van der Waals surface area contributed by atoms with E-state index in [2.05, 4.69) is 0 Å². The van der Waals surface area contributed by atoms with Crippen molar-refractivity contribution in [3.63, 3.8) is 0 Å². The summed E-state index contributed by atoms with van der Waals surface area (Å²) in [7, 11) is 0. The van der Waals surface area contributed by atoms with Crippen molar-refractivity contribution in [2.75, 3.05) is 0 Å². The molecule has 0 spiro atoms. The van der Waals surface area contributed by atoms with Crippen molar-refractivity contribution >= 4 is 17.4 Å². The van der Waals surface area contributed by atoms with Gasteiger partial charge in [-0.1, -0.05) is 0 Å². The van der Waals surface area contributed by atoms with Crippen molar-refractivity contribution in [2.45, 2.75) is 0 Å². The monoisotopic (exact) mass is 232 g/mol. The third-order valence-corrected chi connectivity index (χ3v) is 0. The summed E-state index contributed by atoms with van der Waals surface area (Å²) in [5.41, 5.74) is 0. The van der Waals surface area contributed by atoms with Gasteiger partial charge in [0.2, 0.25) is 0 Å². The fraction of sp³-hybridized carbons (Fsp3) is 0. The molecule has 6 heteroatoms. The van der Waals surface area contributed by atoms with Gasteiger partial charge < -0.3 is 21.9 Å². The maximum atomic E-state index is 0. The minimum Gasteiger partial charge on any atom is -2.00 e. The Balaban J connectivity index is 0. The zero-order chi connectivity index (χ0) is 0. The van der Waals surface area contributed by atoms with E-state index < -0.39 is 0 Å². The van der Waals surface area contributed by atoms with Crippen LogP contribution in [0.4, 0.5) is 0 Å². The van der Waals surface area contributed by atoms with Gasteiger partial charge in [-0.25, -0.2) is 0 Å². The predicted molar refractivity (Wildman–Crippen MR) is 11.4 cm³/mol. The quantitative estimate of drug-likeness (QED) is 0.449. The molecule has 0 aliphatic rings. The molecule has 32 valence electrons. The van der Waals surface area contributed by atoms with Gasteiger partial charge >= 0.3 is 53.0 Å². The molecule has 0 aromatic rings. The number of hydrogen-bond acceptors (Lipinski definition) is 0. The Morgan fingerprint density at radius 2 is 0.667 bits per heavy atom. The van der Waals surface area contributed by atoms with Crippen LogP contribution in [0.25, 0.3) is 0 Å². The molecule has 0 heterocycles. The van der Waals surface area contributed by atoms with E-state index in [4.69, 9.17) is 0 Å². The largest absolute Gasteiger partial charge is 3.00 e. The summed E-state index contributed by atoms with van der Waals surface area (Å²) in [5, 5.41) is 0. The first-order valence-electron chi connectivity index (χ1n) is 0. The van der Waals surface area contributed by atoms with Gasteiger partial charge in [0.05, 0.1) is 0 Å². The third-order valence-electron chi connectivity index (χ3n) is 0. The summed E-state index contributed by atoms with van der Waals surface area (Å²) < 4.78 is 0. The first kappa shape index (κ1) is 133. The third kappa shape index (κ3) is 47.3. The van der Waals surface area contributed by atoms with Crippen molar-refractivity contribution in [2.24, 2.45) is 0 Å². The van der Waals surface area contributed by atoms with E-state index in [1.165, 1.54) is 0 Å². The second kappa shape index (κ2) is 82.9. The molecule has 0 amide bonds. The van der Waals surface area contributed by atoms with E-state index in [1.807, 2.05) is 0 Å². The SMILES string of the molecule is O.[Al+3].[La+3].[O-2].[O-2].[O-2]. The van der Waals surface area contributed by atoms with Crippen molar-refractivity contribution in [3.05, 3.63) is 0 Å². The smallest absolute Gasteiger partial charge is 2.00 e. The average Bonchev–Trinajstić information content (AvgIpc) is 0. The molecule has 6 heavy (non-hydrogen) atoms. The minimum absolute atomic E-state index is 0. The Hall–Kier alpha value is 1.57. The van der Waals surface area contributed by atoms with Gasteiger partial charge in [0.15, 0.2) is 0 Å². The van der Waals surface area contributed by atoms with Crippen molar-refractivity contribution in [1.29, 1.82) is 0 Å². The Morgan fingerprint density at radius 1 is 0.667 bits per heavy atom. The molecular formula is H2AlLaO4. The van der Waals surface area contributed by atoms with Gasteiger partial charge in [-0.3, -0.25) is 0 Å². The van der Waals surface area contributed by atoms with Crippen molar-refractivity contribution in [1.82, 2.24) is 0 Å². The first-order chi connectivity index (χ1) is 0. The van der Waals surface area contributed by atoms with Crippen LogP contribution < -0.4 is 0 Å². The summed E-state index contributed by atoms with van der Waals surface area (Å²) >= 11 is 0. The van der Waals surface area contributed by atoms with Gasteiger partial charge in [0.25, 0.3) is 0 Å². The van der Waals surface area contributed by atoms with Crippen molar-refractivity contribution < 1.29 is 57.5 Å². The van der Waals surface area contributed by atoms with Crippen LogP contribution in [0.15, 0.2) is 0 Å². The Kier molecular flexibility index (Phi) is 1840. The molecule has 0 atom stereocenters.